The number of esters is 1. The van der Waals surface area contributed by atoms with Crippen LogP contribution in [0, 0.1) is 53.3 Å². The van der Waals surface area contributed by atoms with E-state index in [2.05, 4.69) is 47.3 Å². The maximum atomic E-state index is 15.1. The fourth-order valence-corrected chi connectivity index (χ4v) is 12.5. The van der Waals surface area contributed by atoms with Crippen molar-refractivity contribution in [1.82, 2.24) is 21.3 Å². The van der Waals surface area contributed by atoms with Gasteiger partial charge >= 0.3 is 5.97 Å². The highest BCUT2D eigenvalue weighted by Gasteiger charge is 2.87. The average Bonchev–Trinajstić information content (AvgIpc) is 3.89. The SMILES string of the molecule is CCN[C@H]1C[C@@H]2C=CC[C@H]3CCCC[C@H](C)CC4CCCC5C(=O)[C@]6(CC(CO)=C(C)CCC7CCNC(NCNC)C7)O[C@]6(C(=O)OC[C@H]1C[C@H]32)C(=O)C45. The van der Waals surface area contributed by atoms with Crippen molar-refractivity contribution in [2.24, 2.45) is 53.3 Å². The van der Waals surface area contributed by atoms with E-state index < -0.39 is 29.0 Å². The number of piperidine rings is 1. The van der Waals surface area contributed by atoms with Gasteiger partial charge in [-0.05, 0) is 139 Å². The molecule has 0 aromatic heterocycles. The Bertz CT molecular complexity index is 1450. The quantitative estimate of drug-likeness (QED) is 0.0595. The topological polar surface area (TPSA) is 141 Å². The van der Waals surface area contributed by atoms with Crippen LogP contribution in [0.15, 0.2) is 23.3 Å². The van der Waals surface area contributed by atoms with Gasteiger partial charge in [0.1, 0.15) is 0 Å². The van der Waals surface area contributed by atoms with Gasteiger partial charge in [0, 0.05) is 36.9 Å². The summed E-state index contributed by atoms with van der Waals surface area (Å²) in [5.74, 6) is 0.917. The van der Waals surface area contributed by atoms with E-state index in [-0.39, 0.29) is 55.2 Å². The number of hydrogen-bond acceptors (Lipinski definition) is 10. The van der Waals surface area contributed by atoms with Crippen LogP contribution in [0.3, 0.4) is 0 Å². The second kappa shape index (κ2) is 17.9. The second-order valence-corrected chi connectivity index (χ2v) is 18.9. The summed E-state index contributed by atoms with van der Waals surface area (Å²) in [6.07, 6.45) is 20.3. The van der Waals surface area contributed by atoms with Crippen LogP contribution in [0.2, 0.25) is 0 Å². The molecule has 1 spiro atoms. The lowest BCUT2D eigenvalue weighted by Crippen LogP contribution is -2.60. The number of aliphatic hydroxyl groups excluding tert-OH is 1. The van der Waals surface area contributed by atoms with Crippen molar-refractivity contribution in [2.45, 2.75) is 147 Å². The summed E-state index contributed by atoms with van der Waals surface area (Å²) < 4.78 is 12.8. The molecule has 0 amide bonds. The predicted molar refractivity (Wildman–Crippen MR) is 214 cm³/mol. The van der Waals surface area contributed by atoms with E-state index >= 15 is 4.79 Å². The third kappa shape index (κ3) is 8.21. The van der Waals surface area contributed by atoms with Crippen molar-refractivity contribution in [3.05, 3.63) is 23.3 Å². The van der Waals surface area contributed by atoms with E-state index in [0.29, 0.717) is 36.0 Å². The van der Waals surface area contributed by atoms with Crippen LogP contribution >= 0.6 is 0 Å². The number of aliphatic hydroxyl groups is 1. The lowest BCUT2D eigenvalue weighted by atomic mass is 9.56. The summed E-state index contributed by atoms with van der Waals surface area (Å²) in [4.78, 5) is 44.8. The molecule has 7 rings (SSSR count). The largest absolute Gasteiger partial charge is 0.463 e. The van der Waals surface area contributed by atoms with Crippen LogP contribution in [0.25, 0.3) is 0 Å². The highest BCUT2D eigenvalue weighted by Crippen LogP contribution is 2.63. The zero-order chi connectivity index (χ0) is 38.7. The number of ketones is 2. The number of rotatable bonds is 11. The summed E-state index contributed by atoms with van der Waals surface area (Å²) >= 11 is 0. The van der Waals surface area contributed by atoms with Crippen molar-refractivity contribution in [2.75, 3.05) is 40.0 Å². The van der Waals surface area contributed by atoms with Gasteiger partial charge in [-0.25, -0.2) is 4.79 Å². The molecule has 55 heavy (non-hydrogen) atoms. The van der Waals surface area contributed by atoms with Gasteiger partial charge in [0.15, 0.2) is 17.2 Å². The van der Waals surface area contributed by atoms with Crippen molar-refractivity contribution >= 4 is 17.5 Å². The zero-order valence-electron chi connectivity index (χ0n) is 34.3. The number of carbonyl (C=O) groups excluding carboxylic acids is 3. The molecule has 10 heteroatoms. The Balaban J connectivity index is 1.16. The minimum absolute atomic E-state index is 0.0559. The maximum Gasteiger partial charge on any atom is 0.350 e. The van der Waals surface area contributed by atoms with Crippen LogP contribution in [0.5, 0.6) is 0 Å². The summed E-state index contributed by atoms with van der Waals surface area (Å²) in [5, 5.41) is 24.8. The fraction of sp³-hybridized carbons (Fsp3) is 0.844. The number of ether oxygens (including phenoxy) is 2. The second-order valence-electron chi connectivity index (χ2n) is 18.9. The smallest absolute Gasteiger partial charge is 0.350 e. The van der Waals surface area contributed by atoms with Gasteiger partial charge in [-0.3, -0.25) is 14.9 Å². The molecule has 7 aliphatic rings. The molecule has 5 unspecified atom stereocenters. The monoisotopic (exact) mass is 765 g/mol. The standard InChI is InChI=1S/C45H72N4O6/c1-5-47-38-23-32-13-8-12-31-11-7-6-10-28(2)20-33-14-9-15-36-40(33)42(52)45(43(53)54-26-34(38)22-37(31)32)44(55-45,41(36)51)24-35(25-50)29(3)16-17-30-18-19-48-39(21-30)49-27-46-4/h8,13,28,30-34,36-40,46-50H,5-7,9-12,14-27H2,1-4H3/t28-,30?,31+,32-,33?,34+,36?,37+,38-,39?,40?,44-,45-/m0/s1. The van der Waals surface area contributed by atoms with Crippen LogP contribution < -0.4 is 21.3 Å². The number of hydrogen-bond donors (Lipinski definition) is 5. The molecule has 3 saturated carbocycles. The van der Waals surface area contributed by atoms with Crippen molar-refractivity contribution in [1.29, 1.82) is 0 Å². The van der Waals surface area contributed by atoms with Crippen LogP contribution in [0.1, 0.15) is 124 Å². The minimum Gasteiger partial charge on any atom is -0.463 e. The van der Waals surface area contributed by atoms with Gasteiger partial charge < -0.3 is 30.5 Å². The first-order valence-corrected chi connectivity index (χ1v) is 22.4. The zero-order valence-corrected chi connectivity index (χ0v) is 34.3. The van der Waals surface area contributed by atoms with Crippen LogP contribution in [0.4, 0.5) is 0 Å². The van der Waals surface area contributed by atoms with Crippen molar-refractivity contribution < 1.29 is 29.0 Å². The number of cyclic esters (lactones) is 1. The van der Waals surface area contributed by atoms with Crippen molar-refractivity contribution in [3.8, 4) is 0 Å². The first-order valence-electron chi connectivity index (χ1n) is 22.4. The Morgan fingerprint density at radius 1 is 0.964 bits per heavy atom. The van der Waals surface area contributed by atoms with E-state index in [0.717, 1.165) is 102 Å². The van der Waals surface area contributed by atoms with Gasteiger partial charge in [-0.15, -0.1) is 0 Å². The molecule has 10 nitrogen and oxygen atoms in total. The minimum atomic E-state index is -1.93. The van der Waals surface area contributed by atoms with E-state index in [1.165, 1.54) is 19.3 Å². The Labute approximate surface area is 330 Å². The van der Waals surface area contributed by atoms with E-state index in [9.17, 15) is 14.7 Å². The molecule has 13 atom stereocenters. The normalized spacial score (nSPS) is 42.5. The summed E-state index contributed by atoms with van der Waals surface area (Å²) in [6.45, 7) is 9.00. The molecule has 4 aliphatic carbocycles. The number of carbonyl (C=O) groups is 3. The molecular formula is C45H72N4O6. The molecule has 6 fully saturated rings. The number of Topliss-reactive ketones (excluding diaryl/α,β-unsaturated/α-hetero) is 2. The molecule has 0 aromatic rings. The third-order valence-electron chi connectivity index (χ3n) is 15.5. The average molecular weight is 765 g/mol. The van der Waals surface area contributed by atoms with Gasteiger partial charge in [0.2, 0.25) is 0 Å². The Hall–Kier alpha value is -1.95. The lowest BCUT2D eigenvalue weighted by Gasteiger charge is -2.45. The van der Waals surface area contributed by atoms with Gasteiger partial charge in [-0.1, -0.05) is 57.3 Å². The Morgan fingerprint density at radius 2 is 1.78 bits per heavy atom. The number of nitrogens with one attached hydrogen (secondary N) is 4. The van der Waals surface area contributed by atoms with Gasteiger partial charge in [-0.2, -0.15) is 0 Å². The lowest BCUT2D eigenvalue weighted by molar-refractivity contribution is -0.161. The Kier molecular flexibility index (Phi) is 13.4. The van der Waals surface area contributed by atoms with E-state index in [1.807, 2.05) is 14.0 Å². The molecule has 3 saturated heterocycles. The first-order chi connectivity index (χ1) is 26.6. The molecule has 3 heterocycles. The third-order valence-corrected chi connectivity index (χ3v) is 15.5. The first kappa shape index (κ1) is 41.2. The molecule has 0 radical (unpaired) electrons. The molecule has 4 bridgehead atoms. The van der Waals surface area contributed by atoms with E-state index in [1.54, 1.807) is 0 Å². The van der Waals surface area contributed by atoms with Crippen LogP contribution in [-0.2, 0) is 23.9 Å². The predicted octanol–water partition coefficient (Wildman–Crippen LogP) is 5.59. The highest BCUT2D eigenvalue weighted by molar-refractivity contribution is 6.23. The number of fused-ring (bicyclic) bond motifs is 1. The Morgan fingerprint density at radius 3 is 2.58 bits per heavy atom. The van der Waals surface area contributed by atoms with Crippen molar-refractivity contribution in [3.63, 3.8) is 0 Å². The molecular weight excluding hydrogens is 693 g/mol. The molecule has 3 aliphatic heterocycles. The summed E-state index contributed by atoms with van der Waals surface area (Å²) in [6, 6.07) is 0.212. The summed E-state index contributed by atoms with van der Waals surface area (Å²) in [7, 11) is 1.93. The number of epoxide rings is 1. The fourth-order valence-electron chi connectivity index (χ4n) is 12.5. The summed E-state index contributed by atoms with van der Waals surface area (Å²) in [5.41, 5.74) is -1.79. The van der Waals surface area contributed by atoms with Gasteiger partial charge in [0.05, 0.1) is 19.4 Å². The highest BCUT2D eigenvalue weighted by atomic mass is 16.7. The van der Waals surface area contributed by atoms with E-state index in [4.69, 9.17) is 9.47 Å². The number of allylic oxidation sites excluding steroid dienone is 3. The van der Waals surface area contributed by atoms with Gasteiger partial charge in [0.25, 0.3) is 5.60 Å². The maximum absolute atomic E-state index is 15.1. The molecule has 5 N–H and O–H groups in total. The molecule has 308 valence electrons. The molecule has 0 aromatic carbocycles. The van der Waals surface area contributed by atoms with Crippen LogP contribution in [-0.4, -0.2) is 86.1 Å².